The highest BCUT2D eigenvalue weighted by molar-refractivity contribution is 14.1. The number of nitrogens with one attached hydrogen (secondary N) is 2. The van der Waals surface area contributed by atoms with Crippen molar-refractivity contribution in [3.63, 3.8) is 0 Å². The van der Waals surface area contributed by atoms with Gasteiger partial charge in [-0.1, -0.05) is 66.2 Å². The fourth-order valence-corrected chi connectivity index (χ4v) is 5.02. The Morgan fingerprint density at radius 3 is 2.42 bits per heavy atom. The number of imide groups is 1. The number of urea groups is 1. The van der Waals surface area contributed by atoms with Gasteiger partial charge in [0.25, 0.3) is 5.91 Å². The Balaban J connectivity index is 1.48. The van der Waals surface area contributed by atoms with Gasteiger partial charge in [-0.2, -0.15) is 0 Å². The van der Waals surface area contributed by atoms with Gasteiger partial charge in [0.05, 0.1) is 6.61 Å². The van der Waals surface area contributed by atoms with Gasteiger partial charge in [-0.05, 0) is 58.0 Å². The number of nitrogens with zero attached hydrogens (tertiary/aromatic N) is 2. The molecule has 2 heterocycles. The van der Waals surface area contributed by atoms with Crippen LogP contribution in [0.25, 0.3) is 11.3 Å². The van der Waals surface area contributed by atoms with E-state index in [9.17, 15) is 9.59 Å². The smallest absolute Gasteiger partial charge is 0.325 e. The van der Waals surface area contributed by atoms with Crippen molar-refractivity contribution in [1.82, 2.24) is 20.2 Å². The molecule has 0 aliphatic carbocycles. The lowest BCUT2D eigenvalue weighted by Gasteiger charge is -2.24. The SMILES string of the molecule is O=C1N[C@H](c2ccc(OCCO)cc2)C(=O)N1C(Cc1ccccc1)c1nc(-c2ccc(I)cc2)c(Cl)[nH]1. The maximum atomic E-state index is 13.7. The number of aromatic amines is 1. The minimum atomic E-state index is -0.853. The van der Waals surface area contributed by atoms with Crippen molar-refractivity contribution >= 4 is 46.1 Å². The van der Waals surface area contributed by atoms with E-state index in [-0.39, 0.29) is 19.1 Å². The quantitative estimate of drug-likeness (QED) is 0.170. The lowest BCUT2D eigenvalue weighted by atomic mass is 10.0. The maximum Gasteiger partial charge on any atom is 0.325 e. The molecule has 10 heteroatoms. The van der Waals surface area contributed by atoms with E-state index in [2.05, 4.69) is 32.9 Å². The van der Waals surface area contributed by atoms with Crippen molar-refractivity contribution in [2.75, 3.05) is 13.2 Å². The van der Waals surface area contributed by atoms with Gasteiger partial charge in [0.2, 0.25) is 0 Å². The molecule has 1 aromatic heterocycles. The Morgan fingerprint density at radius 2 is 1.74 bits per heavy atom. The Hall–Kier alpha value is -3.41. The molecule has 5 rings (SSSR count). The number of ether oxygens (including phenoxy) is 1. The number of hydrogen-bond acceptors (Lipinski definition) is 5. The molecule has 8 nitrogen and oxygen atoms in total. The zero-order chi connectivity index (χ0) is 26.6. The summed E-state index contributed by atoms with van der Waals surface area (Å²) in [6.07, 6.45) is 0.358. The largest absolute Gasteiger partial charge is 0.491 e. The number of rotatable bonds is 9. The number of halogens is 2. The molecule has 2 atom stereocenters. The third-order valence-corrected chi connectivity index (χ3v) is 7.23. The standard InChI is InChI=1S/C28H24ClIN4O4/c29-25-23(18-6-10-20(30)11-7-18)31-26(33-25)22(16-17-4-2-1-3-5-17)34-27(36)24(32-28(34)37)19-8-12-21(13-9-19)38-15-14-35/h1-13,22,24,35H,14-16H2,(H,31,33)(H,32,37)/t22?,24-/m1/s1. The molecule has 1 saturated heterocycles. The number of aliphatic hydroxyl groups is 1. The highest BCUT2D eigenvalue weighted by Crippen LogP contribution is 2.35. The second-order valence-corrected chi connectivity index (χ2v) is 10.4. The normalized spacial score (nSPS) is 16.0. The van der Waals surface area contributed by atoms with E-state index in [1.807, 2.05) is 54.6 Å². The molecule has 0 radical (unpaired) electrons. The van der Waals surface area contributed by atoms with Crippen molar-refractivity contribution in [2.45, 2.75) is 18.5 Å². The number of aromatic nitrogens is 2. The minimum Gasteiger partial charge on any atom is -0.491 e. The summed E-state index contributed by atoms with van der Waals surface area (Å²) in [6, 6.07) is 22.2. The van der Waals surface area contributed by atoms with Gasteiger partial charge in [-0.3, -0.25) is 9.69 Å². The monoisotopic (exact) mass is 642 g/mol. The number of carbonyl (C=O) groups is 2. The average Bonchev–Trinajstić information content (AvgIpc) is 3.46. The number of aliphatic hydroxyl groups excluding tert-OH is 1. The summed E-state index contributed by atoms with van der Waals surface area (Å²) < 4.78 is 6.48. The second kappa shape index (κ2) is 11.5. The van der Waals surface area contributed by atoms with Gasteiger partial charge >= 0.3 is 6.03 Å². The predicted molar refractivity (Wildman–Crippen MR) is 152 cm³/mol. The lowest BCUT2D eigenvalue weighted by Crippen LogP contribution is -2.36. The molecule has 0 spiro atoms. The van der Waals surface area contributed by atoms with Gasteiger partial charge in [0.15, 0.2) is 0 Å². The van der Waals surface area contributed by atoms with Crippen LogP contribution in [0.5, 0.6) is 5.75 Å². The molecular weight excluding hydrogens is 619 g/mol. The molecule has 4 aromatic rings. The first-order chi connectivity index (χ1) is 18.4. The lowest BCUT2D eigenvalue weighted by molar-refractivity contribution is -0.129. The summed E-state index contributed by atoms with van der Waals surface area (Å²) in [5.74, 6) is 0.597. The fraction of sp³-hybridized carbons (Fsp3) is 0.179. The van der Waals surface area contributed by atoms with Gasteiger partial charge in [-0.25, -0.2) is 9.78 Å². The van der Waals surface area contributed by atoms with Crippen LogP contribution in [-0.4, -0.2) is 45.1 Å². The molecule has 1 unspecified atom stereocenters. The van der Waals surface area contributed by atoms with E-state index < -0.39 is 18.1 Å². The van der Waals surface area contributed by atoms with E-state index >= 15 is 0 Å². The molecule has 1 fully saturated rings. The van der Waals surface area contributed by atoms with E-state index in [1.54, 1.807) is 24.3 Å². The summed E-state index contributed by atoms with van der Waals surface area (Å²) in [7, 11) is 0. The van der Waals surface area contributed by atoms with E-state index in [4.69, 9.17) is 26.4 Å². The van der Waals surface area contributed by atoms with Crippen LogP contribution < -0.4 is 10.1 Å². The molecule has 38 heavy (non-hydrogen) atoms. The first-order valence-electron chi connectivity index (χ1n) is 12.0. The van der Waals surface area contributed by atoms with Crippen LogP contribution in [0.2, 0.25) is 5.15 Å². The van der Waals surface area contributed by atoms with Crippen LogP contribution in [0, 0.1) is 3.57 Å². The van der Waals surface area contributed by atoms with Gasteiger partial charge in [0.1, 0.15) is 41.1 Å². The van der Waals surface area contributed by atoms with Crippen molar-refractivity contribution in [2.24, 2.45) is 0 Å². The van der Waals surface area contributed by atoms with Gasteiger partial charge in [0, 0.05) is 15.6 Å². The average molecular weight is 643 g/mol. The van der Waals surface area contributed by atoms with Crippen LogP contribution in [0.3, 0.4) is 0 Å². The maximum absolute atomic E-state index is 13.7. The number of hydrogen-bond donors (Lipinski definition) is 3. The molecule has 194 valence electrons. The van der Waals surface area contributed by atoms with E-state index in [1.165, 1.54) is 4.90 Å². The van der Waals surface area contributed by atoms with Crippen molar-refractivity contribution in [3.8, 4) is 17.0 Å². The van der Waals surface area contributed by atoms with Gasteiger partial charge in [-0.15, -0.1) is 0 Å². The third-order valence-electron chi connectivity index (χ3n) is 6.24. The predicted octanol–water partition coefficient (Wildman–Crippen LogP) is 5.28. The van der Waals surface area contributed by atoms with Crippen LogP contribution in [0.1, 0.15) is 29.0 Å². The highest BCUT2D eigenvalue weighted by atomic mass is 127. The third kappa shape index (κ3) is 5.54. The minimum absolute atomic E-state index is 0.0984. The topological polar surface area (TPSA) is 108 Å². The van der Waals surface area contributed by atoms with Crippen LogP contribution in [0.4, 0.5) is 4.79 Å². The summed E-state index contributed by atoms with van der Waals surface area (Å²) >= 11 is 8.80. The van der Waals surface area contributed by atoms with Gasteiger partial charge < -0.3 is 20.1 Å². The summed E-state index contributed by atoms with van der Waals surface area (Å²) in [4.78, 5) is 36.0. The number of imidazole rings is 1. The molecule has 1 aliphatic heterocycles. The zero-order valence-corrected chi connectivity index (χ0v) is 23.0. The molecular formula is C28H24ClIN4O4. The molecule has 3 N–H and O–H groups in total. The Bertz CT molecular complexity index is 1430. The van der Waals surface area contributed by atoms with Crippen LogP contribution in [0.15, 0.2) is 78.9 Å². The number of carbonyl (C=O) groups excluding carboxylic acids is 2. The van der Waals surface area contributed by atoms with E-state index in [0.29, 0.717) is 34.4 Å². The summed E-state index contributed by atoms with van der Waals surface area (Å²) in [6.45, 7) is 0.0715. The van der Waals surface area contributed by atoms with Crippen molar-refractivity contribution in [3.05, 3.63) is 105 Å². The van der Waals surface area contributed by atoms with Crippen molar-refractivity contribution in [1.29, 1.82) is 0 Å². The molecule has 0 bridgehead atoms. The Kier molecular flexibility index (Phi) is 7.96. The first-order valence-corrected chi connectivity index (χ1v) is 13.4. The van der Waals surface area contributed by atoms with Crippen LogP contribution in [-0.2, 0) is 11.2 Å². The van der Waals surface area contributed by atoms with Crippen molar-refractivity contribution < 1.29 is 19.4 Å². The highest BCUT2D eigenvalue weighted by Gasteiger charge is 2.44. The Morgan fingerprint density at radius 1 is 1.03 bits per heavy atom. The summed E-state index contributed by atoms with van der Waals surface area (Å²) in [5.41, 5.74) is 2.95. The Labute approximate surface area is 238 Å². The summed E-state index contributed by atoms with van der Waals surface area (Å²) in [5, 5.41) is 12.1. The molecule has 3 amide bonds. The molecule has 1 aliphatic rings. The zero-order valence-electron chi connectivity index (χ0n) is 20.1. The van der Waals surface area contributed by atoms with E-state index in [0.717, 1.165) is 14.7 Å². The fourth-order valence-electron chi connectivity index (χ4n) is 4.41. The van der Waals surface area contributed by atoms with Crippen LogP contribution >= 0.6 is 34.2 Å². The number of H-pyrrole nitrogens is 1. The molecule has 3 aromatic carbocycles. The molecule has 0 saturated carbocycles. The number of benzene rings is 3. The first kappa shape index (κ1) is 26.2. The second-order valence-electron chi connectivity index (χ2n) is 8.73. The number of amides is 3.